The van der Waals surface area contributed by atoms with Crippen LogP contribution in [-0.4, -0.2) is 68.1 Å². The van der Waals surface area contributed by atoms with Crippen LogP contribution in [0.5, 0.6) is 17.2 Å². The molecule has 3 aromatic rings. The zero-order chi connectivity index (χ0) is 33.1. The van der Waals surface area contributed by atoms with E-state index in [2.05, 4.69) is 11.3 Å². The summed E-state index contributed by atoms with van der Waals surface area (Å²) in [6.07, 6.45) is 2.98. The van der Waals surface area contributed by atoms with Gasteiger partial charge in [-0.1, -0.05) is 31.7 Å². The van der Waals surface area contributed by atoms with Crippen molar-refractivity contribution in [3.05, 3.63) is 102 Å². The van der Waals surface area contributed by atoms with Gasteiger partial charge in [-0.25, -0.2) is 9.59 Å². The molecule has 11 heteroatoms. The molecule has 0 aliphatic carbocycles. The standard InChI is InChI=1S/C35H33NO10/c1-4-24-22-29(43-18-17-36-31(37)15-16-32(36)38)13-14-30(24)25-5-7-26(8-6-25)35(41)46-28-11-9-27(10-12-28)44-19-20-45-34(40)23(2)21-33(39)42-3/h5-16,22H,2,4,17-21H2,1,3H3. The van der Waals surface area contributed by atoms with Gasteiger partial charge in [-0.15, -0.1) is 0 Å². The second kappa shape index (κ2) is 15.8. The number of amides is 2. The molecule has 2 amide bonds. The highest BCUT2D eigenvalue weighted by Gasteiger charge is 2.23. The largest absolute Gasteiger partial charge is 0.492 e. The predicted octanol–water partition coefficient (Wildman–Crippen LogP) is 4.48. The molecule has 238 valence electrons. The zero-order valence-corrected chi connectivity index (χ0v) is 25.5. The number of hydrogen-bond donors (Lipinski definition) is 0. The maximum atomic E-state index is 12.8. The van der Waals surface area contributed by atoms with Crippen LogP contribution >= 0.6 is 0 Å². The fourth-order valence-electron chi connectivity index (χ4n) is 4.41. The Kier molecular flexibility index (Phi) is 11.4. The molecular formula is C35H33NO10. The summed E-state index contributed by atoms with van der Waals surface area (Å²) in [6, 6.07) is 19.2. The zero-order valence-electron chi connectivity index (χ0n) is 25.5. The van der Waals surface area contributed by atoms with Crippen molar-refractivity contribution in [2.45, 2.75) is 19.8 Å². The number of imide groups is 1. The Balaban J connectivity index is 1.25. The Hall–Kier alpha value is -5.71. The fraction of sp³-hybridized carbons (Fsp3) is 0.229. The van der Waals surface area contributed by atoms with Crippen molar-refractivity contribution in [3.63, 3.8) is 0 Å². The molecule has 1 aliphatic heterocycles. The molecule has 3 aromatic carbocycles. The summed E-state index contributed by atoms with van der Waals surface area (Å²) in [7, 11) is 1.22. The lowest BCUT2D eigenvalue weighted by molar-refractivity contribution is -0.144. The van der Waals surface area contributed by atoms with Gasteiger partial charge in [0.15, 0.2) is 0 Å². The molecule has 0 radical (unpaired) electrons. The van der Waals surface area contributed by atoms with Gasteiger partial charge in [-0.2, -0.15) is 0 Å². The number of nitrogens with zero attached hydrogens (tertiary/aromatic N) is 1. The molecule has 0 saturated carbocycles. The van der Waals surface area contributed by atoms with Gasteiger partial charge in [0.2, 0.25) is 0 Å². The average Bonchev–Trinajstić information content (AvgIpc) is 3.39. The molecule has 0 fully saturated rings. The van der Waals surface area contributed by atoms with Crippen molar-refractivity contribution in [3.8, 4) is 28.4 Å². The molecule has 46 heavy (non-hydrogen) atoms. The lowest BCUT2D eigenvalue weighted by atomic mass is 9.97. The van der Waals surface area contributed by atoms with Crippen molar-refractivity contribution in [1.82, 2.24) is 4.90 Å². The number of carbonyl (C=O) groups is 5. The van der Waals surface area contributed by atoms with Gasteiger partial charge in [0.1, 0.15) is 37.1 Å². The first-order valence-corrected chi connectivity index (χ1v) is 14.4. The van der Waals surface area contributed by atoms with Gasteiger partial charge in [0, 0.05) is 17.7 Å². The monoisotopic (exact) mass is 627 g/mol. The molecule has 0 atom stereocenters. The number of hydrogen-bond acceptors (Lipinski definition) is 10. The third-order valence-corrected chi connectivity index (χ3v) is 6.87. The van der Waals surface area contributed by atoms with Crippen LogP contribution in [0.15, 0.2) is 91.0 Å². The molecule has 0 spiro atoms. The fourth-order valence-corrected chi connectivity index (χ4v) is 4.41. The Morgan fingerprint density at radius 1 is 0.783 bits per heavy atom. The number of benzene rings is 3. The van der Waals surface area contributed by atoms with Crippen LogP contribution in [0, 0.1) is 0 Å². The van der Waals surface area contributed by atoms with Crippen molar-refractivity contribution >= 4 is 29.7 Å². The van der Waals surface area contributed by atoms with Crippen molar-refractivity contribution < 1.29 is 47.7 Å². The van der Waals surface area contributed by atoms with Crippen LogP contribution in [0.2, 0.25) is 0 Å². The Morgan fingerprint density at radius 3 is 2.07 bits per heavy atom. The Labute approximate surface area is 265 Å². The lowest BCUT2D eigenvalue weighted by Crippen LogP contribution is -2.33. The number of rotatable bonds is 15. The van der Waals surface area contributed by atoms with Crippen LogP contribution in [-0.2, 0) is 35.1 Å². The first-order chi connectivity index (χ1) is 22.2. The third kappa shape index (κ3) is 8.91. The SMILES string of the molecule is C=C(CC(=O)OC)C(=O)OCCOc1ccc(OC(=O)c2ccc(-c3ccc(OCCN4C(=O)C=CC4=O)cc3CC)cc2)cc1. The molecule has 1 heterocycles. The minimum atomic E-state index is -0.708. The van der Waals surface area contributed by atoms with E-state index in [9.17, 15) is 24.0 Å². The molecule has 0 bridgehead atoms. The number of ether oxygens (including phenoxy) is 5. The van der Waals surface area contributed by atoms with E-state index in [-0.39, 0.29) is 50.2 Å². The highest BCUT2D eigenvalue weighted by atomic mass is 16.6. The van der Waals surface area contributed by atoms with Crippen LogP contribution in [0.1, 0.15) is 29.3 Å². The average molecular weight is 628 g/mol. The summed E-state index contributed by atoms with van der Waals surface area (Å²) in [5.74, 6) is -1.07. The van der Waals surface area contributed by atoms with Crippen LogP contribution in [0.25, 0.3) is 11.1 Å². The summed E-state index contributed by atoms with van der Waals surface area (Å²) >= 11 is 0. The third-order valence-electron chi connectivity index (χ3n) is 6.87. The van der Waals surface area contributed by atoms with Gasteiger partial charge < -0.3 is 23.7 Å². The van der Waals surface area contributed by atoms with Crippen molar-refractivity contribution in [2.75, 3.05) is 33.5 Å². The van der Waals surface area contributed by atoms with Gasteiger partial charge in [0.25, 0.3) is 11.8 Å². The molecular weight excluding hydrogens is 594 g/mol. The number of esters is 3. The van der Waals surface area contributed by atoms with E-state index in [1.807, 2.05) is 37.3 Å². The van der Waals surface area contributed by atoms with Gasteiger partial charge in [-0.3, -0.25) is 19.3 Å². The predicted molar refractivity (Wildman–Crippen MR) is 166 cm³/mol. The number of carbonyl (C=O) groups excluding carboxylic acids is 5. The van der Waals surface area contributed by atoms with Crippen molar-refractivity contribution in [2.24, 2.45) is 0 Å². The molecule has 4 rings (SSSR count). The van der Waals surface area contributed by atoms with Crippen LogP contribution in [0.4, 0.5) is 0 Å². The number of aryl methyl sites for hydroxylation is 1. The highest BCUT2D eigenvalue weighted by molar-refractivity contribution is 6.12. The van der Waals surface area contributed by atoms with E-state index in [1.165, 1.54) is 19.3 Å². The van der Waals surface area contributed by atoms with E-state index >= 15 is 0 Å². The van der Waals surface area contributed by atoms with Gasteiger partial charge >= 0.3 is 17.9 Å². The molecule has 1 aliphatic rings. The summed E-state index contributed by atoms with van der Waals surface area (Å²) in [6.45, 7) is 5.90. The van der Waals surface area contributed by atoms with Gasteiger partial charge in [-0.05, 0) is 71.6 Å². The van der Waals surface area contributed by atoms with E-state index in [4.69, 9.17) is 18.9 Å². The van der Waals surface area contributed by atoms with Crippen LogP contribution in [0.3, 0.4) is 0 Å². The summed E-state index contributed by atoms with van der Waals surface area (Å²) in [5.41, 5.74) is 3.30. The smallest absolute Gasteiger partial charge is 0.343 e. The lowest BCUT2D eigenvalue weighted by Gasteiger charge is -2.16. The van der Waals surface area contributed by atoms with Crippen LogP contribution < -0.4 is 14.2 Å². The molecule has 0 saturated heterocycles. The number of methoxy groups -OCH3 is 1. The summed E-state index contributed by atoms with van der Waals surface area (Å²) < 4.78 is 26.3. The van der Waals surface area contributed by atoms with E-state index < -0.39 is 17.9 Å². The molecule has 0 aromatic heterocycles. The first-order valence-electron chi connectivity index (χ1n) is 14.4. The highest BCUT2D eigenvalue weighted by Crippen LogP contribution is 2.29. The second-order valence-electron chi connectivity index (χ2n) is 9.96. The second-order valence-corrected chi connectivity index (χ2v) is 9.96. The Morgan fingerprint density at radius 2 is 1.41 bits per heavy atom. The minimum Gasteiger partial charge on any atom is -0.492 e. The summed E-state index contributed by atoms with van der Waals surface area (Å²) in [5, 5.41) is 0. The summed E-state index contributed by atoms with van der Waals surface area (Å²) in [4.78, 5) is 60.3. The first kappa shape index (κ1) is 33.2. The maximum absolute atomic E-state index is 12.8. The molecule has 0 N–H and O–H groups in total. The minimum absolute atomic E-state index is 0.0122. The van der Waals surface area contributed by atoms with E-state index in [0.29, 0.717) is 22.8 Å². The molecule has 11 nitrogen and oxygen atoms in total. The van der Waals surface area contributed by atoms with E-state index in [1.54, 1.807) is 36.4 Å². The normalized spacial score (nSPS) is 12.1. The van der Waals surface area contributed by atoms with E-state index in [0.717, 1.165) is 28.0 Å². The Bertz CT molecular complexity index is 1620. The van der Waals surface area contributed by atoms with Gasteiger partial charge in [0.05, 0.1) is 25.6 Å². The molecule has 0 unspecified atom stereocenters. The van der Waals surface area contributed by atoms with Crippen molar-refractivity contribution in [1.29, 1.82) is 0 Å². The topological polar surface area (TPSA) is 135 Å². The quantitative estimate of drug-likeness (QED) is 0.0780. The maximum Gasteiger partial charge on any atom is 0.343 e.